The van der Waals surface area contributed by atoms with Gasteiger partial charge in [-0.2, -0.15) is 0 Å². The number of pyridine rings is 1. The zero-order valence-electron chi connectivity index (χ0n) is 23.9. The molecule has 5 heteroatoms. The van der Waals surface area contributed by atoms with Crippen molar-refractivity contribution in [2.24, 2.45) is 0 Å². The number of hydrogen-bond acceptors (Lipinski definition) is 1. The number of nitrogens with one attached hydrogen (secondary N) is 4. The molecule has 0 aliphatic heterocycles. The molecule has 0 saturated heterocycles. The lowest BCUT2D eigenvalue weighted by atomic mass is 9.85. The van der Waals surface area contributed by atoms with Gasteiger partial charge in [0.1, 0.15) is 0 Å². The molecule has 0 atom stereocenters. The molecular formula is C39H29N5. The van der Waals surface area contributed by atoms with E-state index in [1.165, 1.54) is 43.8 Å². The van der Waals surface area contributed by atoms with E-state index < -0.39 is 0 Å². The molecule has 5 aromatic heterocycles. The van der Waals surface area contributed by atoms with Crippen LogP contribution < -0.4 is 0 Å². The molecule has 44 heavy (non-hydrogen) atoms. The van der Waals surface area contributed by atoms with Crippen LogP contribution in [-0.4, -0.2) is 24.9 Å². The van der Waals surface area contributed by atoms with Crippen LogP contribution in [0.15, 0.2) is 140 Å². The summed E-state index contributed by atoms with van der Waals surface area (Å²) in [5, 5.41) is 4.83. The van der Waals surface area contributed by atoms with Gasteiger partial charge in [-0.1, -0.05) is 78.9 Å². The van der Waals surface area contributed by atoms with Gasteiger partial charge in [0.25, 0.3) is 0 Å². The second kappa shape index (κ2) is 9.89. The van der Waals surface area contributed by atoms with E-state index in [9.17, 15) is 0 Å². The van der Waals surface area contributed by atoms with E-state index in [4.69, 9.17) is 4.98 Å². The van der Waals surface area contributed by atoms with Crippen LogP contribution in [0.4, 0.5) is 0 Å². The second-order valence-corrected chi connectivity index (χ2v) is 11.5. The fraction of sp³-hybridized carbons (Fsp3) is 0.0513. The molecule has 0 aliphatic rings. The highest BCUT2D eigenvalue weighted by molar-refractivity contribution is 5.90. The third-order valence-corrected chi connectivity index (χ3v) is 9.11. The Balaban J connectivity index is 1.29. The van der Waals surface area contributed by atoms with Crippen molar-refractivity contribution in [1.29, 1.82) is 0 Å². The lowest BCUT2D eigenvalue weighted by molar-refractivity contribution is 0.865. The summed E-state index contributed by atoms with van der Waals surface area (Å²) in [6.45, 7) is 0. The molecular weight excluding hydrogens is 538 g/mol. The number of fused-ring (bicyclic) bond motifs is 4. The number of benzene rings is 4. The van der Waals surface area contributed by atoms with E-state index in [2.05, 4.69) is 160 Å². The van der Waals surface area contributed by atoms with Crippen molar-refractivity contribution in [3.05, 3.63) is 174 Å². The highest BCUT2D eigenvalue weighted by Crippen LogP contribution is 2.42. The lowest BCUT2D eigenvalue weighted by Crippen LogP contribution is -2.10. The Labute approximate surface area is 253 Å². The average Bonchev–Trinajstić information content (AvgIpc) is 3.88. The van der Waals surface area contributed by atoms with Crippen LogP contribution in [0.1, 0.15) is 45.5 Å². The Hall–Kier alpha value is -5.81. The number of nitrogens with zero attached hydrogens (tertiary/aromatic N) is 1. The summed E-state index contributed by atoms with van der Waals surface area (Å²) in [7, 11) is 0. The molecule has 0 radical (unpaired) electrons. The molecule has 0 unspecified atom stereocenters. The van der Waals surface area contributed by atoms with E-state index in [0.29, 0.717) is 0 Å². The minimum absolute atomic E-state index is 0.0752. The number of rotatable bonds is 6. The third-order valence-electron chi connectivity index (χ3n) is 9.11. The molecule has 5 nitrogen and oxygen atoms in total. The predicted molar refractivity (Wildman–Crippen MR) is 179 cm³/mol. The number of H-pyrrole nitrogens is 4. The Morgan fingerprint density at radius 1 is 0.341 bits per heavy atom. The van der Waals surface area contributed by atoms with Crippen LogP contribution in [0.5, 0.6) is 0 Å². The lowest BCUT2D eigenvalue weighted by Gasteiger charge is -2.21. The molecule has 5 heterocycles. The van der Waals surface area contributed by atoms with Crippen molar-refractivity contribution in [3.63, 3.8) is 0 Å². The quantitative estimate of drug-likeness (QED) is 0.159. The minimum Gasteiger partial charge on any atom is -0.361 e. The number of aromatic amines is 4. The van der Waals surface area contributed by atoms with Gasteiger partial charge >= 0.3 is 0 Å². The second-order valence-electron chi connectivity index (χ2n) is 11.5. The van der Waals surface area contributed by atoms with Gasteiger partial charge in [0.15, 0.2) is 0 Å². The van der Waals surface area contributed by atoms with E-state index in [1.54, 1.807) is 0 Å². The highest BCUT2D eigenvalue weighted by Gasteiger charge is 2.28. The van der Waals surface area contributed by atoms with Crippen molar-refractivity contribution < 1.29 is 0 Å². The maximum atomic E-state index is 5.57. The van der Waals surface area contributed by atoms with Crippen molar-refractivity contribution in [1.82, 2.24) is 24.9 Å². The normalized spacial score (nSPS) is 12.0. The topological polar surface area (TPSA) is 76.0 Å². The fourth-order valence-corrected chi connectivity index (χ4v) is 7.09. The minimum atomic E-state index is -0.0752. The van der Waals surface area contributed by atoms with E-state index in [1.807, 2.05) is 0 Å². The van der Waals surface area contributed by atoms with E-state index >= 15 is 0 Å². The number of hydrogen-bond donors (Lipinski definition) is 4. The van der Waals surface area contributed by atoms with Gasteiger partial charge in [0, 0.05) is 68.4 Å². The van der Waals surface area contributed by atoms with Gasteiger partial charge in [0.05, 0.1) is 23.2 Å². The summed E-state index contributed by atoms with van der Waals surface area (Å²) in [6.07, 6.45) is 8.62. The summed E-state index contributed by atoms with van der Waals surface area (Å²) >= 11 is 0. The van der Waals surface area contributed by atoms with Gasteiger partial charge < -0.3 is 19.9 Å². The Bertz CT molecular complexity index is 2120. The van der Waals surface area contributed by atoms with Gasteiger partial charge in [-0.15, -0.1) is 0 Å². The van der Waals surface area contributed by atoms with Gasteiger partial charge in [-0.25, -0.2) is 0 Å². The fourth-order valence-electron chi connectivity index (χ4n) is 7.09. The monoisotopic (exact) mass is 567 g/mol. The zero-order chi connectivity index (χ0) is 29.0. The van der Waals surface area contributed by atoms with Crippen LogP contribution in [0.3, 0.4) is 0 Å². The molecule has 0 bridgehead atoms. The number of aromatic nitrogens is 5. The van der Waals surface area contributed by atoms with E-state index in [-0.39, 0.29) is 11.8 Å². The van der Waals surface area contributed by atoms with Crippen molar-refractivity contribution in [3.8, 4) is 0 Å². The molecule has 4 N–H and O–H groups in total. The van der Waals surface area contributed by atoms with Crippen LogP contribution in [0.25, 0.3) is 43.6 Å². The highest BCUT2D eigenvalue weighted by atomic mass is 14.8. The molecule has 4 aromatic carbocycles. The van der Waals surface area contributed by atoms with Gasteiger partial charge in [-0.3, -0.25) is 4.98 Å². The van der Waals surface area contributed by atoms with Gasteiger partial charge in [-0.05, 0) is 58.7 Å². The van der Waals surface area contributed by atoms with Crippen molar-refractivity contribution in [2.45, 2.75) is 11.8 Å². The van der Waals surface area contributed by atoms with Crippen molar-refractivity contribution in [2.75, 3.05) is 0 Å². The standard InChI is InChI=1S/C39H29N5/c1-5-14-32-24(10-1)28(20-40-32)38(29-21-41-33-15-6-2-11-25(29)33)36-18-9-19-37(44-36)39(30-22-42-34-16-7-3-12-26(30)34)31-23-43-35-17-8-4-13-27(31)35/h1-23,38-43H. The summed E-state index contributed by atoms with van der Waals surface area (Å²) in [6, 6.07) is 40.6. The molecule has 0 amide bonds. The Morgan fingerprint density at radius 2 is 0.636 bits per heavy atom. The zero-order valence-corrected chi connectivity index (χ0v) is 23.9. The Kier molecular flexibility index (Phi) is 5.56. The first kappa shape index (κ1) is 24.8. The molecule has 210 valence electrons. The van der Waals surface area contributed by atoms with Crippen LogP contribution in [0, 0.1) is 0 Å². The maximum Gasteiger partial charge on any atom is 0.0555 e. The summed E-state index contributed by atoms with van der Waals surface area (Å²) in [5.74, 6) is -0.150. The van der Waals surface area contributed by atoms with Crippen LogP contribution in [-0.2, 0) is 0 Å². The van der Waals surface area contributed by atoms with Crippen LogP contribution >= 0.6 is 0 Å². The summed E-state index contributed by atoms with van der Waals surface area (Å²) < 4.78 is 0. The average molecular weight is 568 g/mol. The maximum absolute atomic E-state index is 5.57. The summed E-state index contributed by atoms with van der Waals surface area (Å²) in [5.41, 5.74) is 11.4. The SMILES string of the molecule is c1cc(C(c2c[nH]c3ccccc23)c2c[nH]c3ccccc23)nc(C(c2c[nH]c3ccccc23)c2c[nH]c3ccccc23)c1. The summed E-state index contributed by atoms with van der Waals surface area (Å²) in [4.78, 5) is 19.7. The first-order chi connectivity index (χ1) is 21.8. The number of para-hydroxylation sites is 4. The smallest absolute Gasteiger partial charge is 0.0555 e. The first-order valence-corrected chi connectivity index (χ1v) is 15.0. The van der Waals surface area contributed by atoms with E-state index in [0.717, 1.165) is 33.5 Å². The molecule has 0 fully saturated rings. The predicted octanol–water partition coefficient (Wildman–Crippen LogP) is 9.37. The molecule has 0 aliphatic carbocycles. The van der Waals surface area contributed by atoms with Gasteiger partial charge in [0.2, 0.25) is 0 Å². The Morgan fingerprint density at radius 3 is 0.955 bits per heavy atom. The molecule has 9 rings (SSSR count). The first-order valence-electron chi connectivity index (χ1n) is 15.0. The van der Waals surface area contributed by atoms with Crippen molar-refractivity contribution >= 4 is 43.6 Å². The molecule has 9 aromatic rings. The molecule has 0 spiro atoms. The largest absolute Gasteiger partial charge is 0.361 e. The molecule has 0 saturated carbocycles. The third kappa shape index (κ3) is 3.83. The van der Waals surface area contributed by atoms with Crippen LogP contribution in [0.2, 0.25) is 0 Å².